The van der Waals surface area contributed by atoms with Crippen LogP contribution in [0.2, 0.25) is 0 Å². The van der Waals surface area contributed by atoms with Crippen LogP contribution in [0.5, 0.6) is 0 Å². The monoisotopic (exact) mass is 858 g/mol. The number of pyridine rings is 1. The highest BCUT2D eigenvalue weighted by molar-refractivity contribution is 6.34. The number of hydrogen-bond donors (Lipinski definition) is 0. The molecule has 0 saturated carbocycles. The van der Waals surface area contributed by atoms with E-state index in [9.17, 15) is 0 Å². The molecule has 318 valence electrons. The molecule has 0 bridgehead atoms. The Bertz CT molecular complexity index is 4620. The van der Waals surface area contributed by atoms with Crippen molar-refractivity contribution in [1.29, 1.82) is 0 Å². The van der Waals surface area contributed by atoms with E-state index < -0.39 is 0 Å². The minimum absolute atomic E-state index is 0.0528. The topological polar surface area (TPSA) is 26.6 Å². The summed E-state index contributed by atoms with van der Waals surface area (Å²) in [6.45, 7) is 14.0. The Balaban J connectivity index is 1.13. The Kier molecular flexibility index (Phi) is 6.94. The highest BCUT2D eigenvalue weighted by Gasteiger charge is 2.29. The Hall–Kier alpha value is -7.95. The lowest BCUT2D eigenvalue weighted by atomic mass is 9.83. The number of fused-ring (bicyclic) bond motifs is 18. The highest BCUT2D eigenvalue weighted by Crippen LogP contribution is 2.50. The molecule has 0 amide bonds. The van der Waals surface area contributed by atoms with Gasteiger partial charge in [-0.15, -0.1) is 0 Å². The second-order valence-corrected chi connectivity index (χ2v) is 21.2. The quantitative estimate of drug-likeness (QED) is 0.170. The largest absolute Gasteiger partial charge is 0.309 e. The van der Waals surface area contributed by atoms with Crippen LogP contribution in [0.3, 0.4) is 0 Å². The van der Waals surface area contributed by atoms with Gasteiger partial charge in [-0.3, -0.25) is 4.40 Å². The molecule has 6 aromatic heterocycles. The number of hydrogen-bond acceptors (Lipinski definition) is 1. The number of rotatable bonds is 2. The predicted octanol–water partition coefficient (Wildman–Crippen LogP) is 17.0. The van der Waals surface area contributed by atoms with Gasteiger partial charge in [-0.2, -0.15) is 0 Å². The van der Waals surface area contributed by atoms with Crippen LogP contribution in [0.15, 0.2) is 170 Å². The van der Waals surface area contributed by atoms with Gasteiger partial charge in [0.25, 0.3) is 0 Å². The van der Waals surface area contributed by atoms with E-state index >= 15 is 0 Å². The molecule has 6 heterocycles. The van der Waals surface area contributed by atoms with Crippen molar-refractivity contribution in [2.45, 2.75) is 52.4 Å². The van der Waals surface area contributed by atoms with Crippen molar-refractivity contribution in [2.24, 2.45) is 0 Å². The molecule has 4 heteroatoms. The summed E-state index contributed by atoms with van der Waals surface area (Å²) >= 11 is 0. The first-order chi connectivity index (χ1) is 32.5. The van der Waals surface area contributed by atoms with E-state index in [1.165, 1.54) is 125 Å². The van der Waals surface area contributed by atoms with Gasteiger partial charge in [-0.25, -0.2) is 4.98 Å². The lowest BCUT2D eigenvalue weighted by Gasteiger charge is -2.21. The summed E-state index contributed by atoms with van der Waals surface area (Å²) in [5, 5.41) is 16.3. The predicted molar refractivity (Wildman–Crippen MR) is 286 cm³/mol. The van der Waals surface area contributed by atoms with Gasteiger partial charge >= 0.3 is 0 Å². The van der Waals surface area contributed by atoms with Crippen LogP contribution >= 0.6 is 0 Å². The van der Waals surface area contributed by atoms with Crippen molar-refractivity contribution in [2.75, 3.05) is 0 Å². The van der Waals surface area contributed by atoms with Crippen LogP contribution in [0.1, 0.15) is 52.7 Å². The Labute approximate surface area is 386 Å². The fourth-order valence-electron chi connectivity index (χ4n) is 12.0. The fraction of sp³-hybridized carbons (Fsp3) is 0.127. The lowest BCUT2D eigenvalue weighted by Crippen LogP contribution is -2.11. The van der Waals surface area contributed by atoms with Crippen molar-refractivity contribution in [3.63, 3.8) is 0 Å². The second kappa shape index (κ2) is 12.5. The number of aromatic nitrogens is 4. The Morgan fingerprint density at radius 3 is 1.78 bits per heavy atom. The number of para-hydroxylation sites is 2. The average Bonchev–Trinajstić information content (AvgIpc) is 4.11. The van der Waals surface area contributed by atoms with E-state index in [2.05, 4.69) is 225 Å². The molecular weight excluding hydrogens is 813 g/mol. The average molecular weight is 859 g/mol. The fourth-order valence-corrected chi connectivity index (χ4v) is 12.0. The van der Waals surface area contributed by atoms with Crippen molar-refractivity contribution >= 4 is 120 Å². The van der Waals surface area contributed by atoms with Crippen LogP contribution in [0.25, 0.3) is 137 Å². The van der Waals surface area contributed by atoms with Crippen molar-refractivity contribution < 1.29 is 0 Å². The molecule has 0 atom stereocenters. The first-order valence-corrected chi connectivity index (χ1v) is 23.7. The first-order valence-electron chi connectivity index (χ1n) is 23.7. The van der Waals surface area contributed by atoms with Crippen LogP contribution < -0.4 is 0 Å². The maximum atomic E-state index is 5.96. The maximum absolute atomic E-state index is 5.96. The molecule has 4 nitrogen and oxygen atoms in total. The van der Waals surface area contributed by atoms with Crippen LogP contribution in [-0.4, -0.2) is 18.4 Å². The van der Waals surface area contributed by atoms with E-state index in [4.69, 9.17) is 4.98 Å². The molecular formula is C63H46N4. The number of nitrogens with zero attached hydrogens (tertiary/aromatic N) is 4. The molecule has 0 saturated heterocycles. The van der Waals surface area contributed by atoms with Gasteiger partial charge in [0.1, 0.15) is 5.65 Å². The summed E-state index contributed by atoms with van der Waals surface area (Å²) in [6.07, 6.45) is 0. The number of benzene rings is 9. The third-order valence-corrected chi connectivity index (χ3v) is 15.3. The van der Waals surface area contributed by atoms with Gasteiger partial charge in [-0.05, 0) is 128 Å². The molecule has 0 radical (unpaired) electrons. The van der Waals surface area contributed by atoms with E-state index in [0.717, 1.165) is 22.4 Å². The summed E-state index contributed by atoms with van der Waals surface area (Å²) in [5.41, 5.74) is 16.6. The molecule has 15 rings (SSSR count). The highest BCUT2D eigenvalue weighted by atomic mass is 15.0. The molecule has 0 N–H and O–H groups in total. The Morgan fingerprint density at radius 2 is 0.985 bits per heavy atom. The molecule has 15 aromatic rings. The smallest absolute Gasteiger partial charge is 0.146 e. The minimum Gasteiger partial charge on any atom is -0.309 e. The standard InChI is InChI=1S/C63H46N4/c1-62(2,3)39-30-44(38-24-25-53-45(27-38)43-22-14-15-23-52(43)65(53)41-19-8-7-9-20-41)58-50(32-39)56-42-21-13-12-18-37(42)28-47-49-34-55-57(64-61(49)67(58)60(47)56)51-33-40(63(4,5)6)31-48-46-26-35-16-10-11-17-36(35)29-54(46)66(55)59(48)51/h7-34H,1-6H3. The van der Waals surface area contributed by atoms with Gasteiger partial charge in [0.15, 0.2) is 0 Å². The van der Waals surface area contributed by atoms with Crippen molar-refractivity contribution in [3.05, 3.63) is 181 Å². The SMILES string of the molecule is CC(C)(C)c1cc(-c2ccc3c(c2)c2ccccc2n3-c2ccccc2)c2c(c1)c1c3ccccc3cc3c4cc5c(nc4n2c31)c1cc(C(C)(C)C)cc2c3cc4ccccc4cc3n5c21. The molecule has 0 spiro atoms. The third-order valence-electron chi connectivity index (χ3n) is 15.3. The lowest BCUT2D eigenvalue weighted by molar-refractivity contribution is 0.591. The van der Waals surface area contributed by atoms with Crippen LogP contribution in [-0.2, 0) is 10.8 Å². The summed E-state index contributed by atoms with van der Waals surface area (Å²) in [5.74, 6) is 0. The molecule has 67 heavy (non-hydrogen) atoms. The molecule has 0 fully saturated rings. The van der Waals surface area contributed by atoms with E-state index in [1.807, 2.05) is 0 Å². The summed E-state index contributed by atoms with van der Waals surface area (Å²) in [7, 11) is 0. The zero-order chi connectivity index (χ0) is 44.8. The zero-order valence-corrected chi connectivity index (χ0v) is 38.5. The maximum Gasteiger partial charge on any atom is 0.146 e. The molecule has 0 aliphatic carbocycles. The van der Waals surface area contributed by atoms with Crippen molar-refractivity contribution in [3.8, 4) is 16.8 Å². The summed E-state index contributed by atoms with van der Waals surface area (Å²) in [4.78, 5) is 5.96. The van der Waals surface area contributed by atoms with Gasteiger partial charge in [0, 0.05) is 59.7 Å². The first kappa shape index (κ1) is 37.3. The molecule has 9 aromatic carbocycles. The second-order valence-electron chi connectivity index (χ2n) is 21.2. The van der Waals surface area contributed by atoms with E-state index in [0.29, 0.717) is 0 Å². The Morgan fingerprint density at radius 1 is 0.373 bits per heavy atom. The van der Waals surface area contributed by atoms with Gasteiger partial charge in [-0.1, -0.05) is 133 Å². The molecule has 0 unspecified atom stereocenters. The summed E-state index contributed by atoms with van der Waals surface area (Å²) < 4.78 is 7.48. The van der Waals surface area contributed by atoms with Gasteiger partial charge in [0.05, 0.1) is 44.1 Å². The summed E-state index contributed by atoms with van der Waals surface area (Å²) in [6, 6.07) is 64.1. The molecule has 0 aliphatic rings. The van der Waals surface area contributed by atoms with Crippen LogP contribution in [0, 0.1) is 0 Å². The van der Waals surface area contributed by atoms with E-state index in [-0.39, 0.29) is 10.8 Å². The third kappa shape index (κ3) is 4.84. The molecule has 0 aliphatic heterocycles. The van der Waals surface area contributed by atoms with Crippen molar-refractivity contribution in [1.82, 2.24) is 18.4 Å². The van der Waals surface area contributed by atoms with Gasteiger partial charge in [0.2, 0.25) is 0 Å². The van der Waals surface area contributed by atoms with Crippen LogP contribution in [0.4, 0.5) is 0 Å². The van der Waals surface area contributed by atoms with Gasteiger partial charge < -0.3 is 8.97 Å². The van der Waals surface area contributed by atoms with E-state index in [1.54, 1.807) is 0 Å². The zero-order valence-electron chi connectivity index (χ0n) is 38.5. The minimum atomic E-state index is -0.0929. The normalized spacial score (nSPS) is 13.2.